The molecule has 2 aliphatic heterocycles. The number of aromatic nitrogens is 1. The van der Waals surface area contributed by atoms with Crippen molar-refractivity contribution >= 4 is 16.8 Å². The van der Waals surface area contributed by atoms with Crippen LogP contribution in [-0.2, 0) is 11.2 Å². The summed E-state index contributed by atoms with van der Waals surface area (Å²) in [6.45, 7) is 7.47. The number of benzene rings is 2. The van der Waals surface area contributed by atoms with Crippen molar-refractivity contribution < 1.29 is 9.53 Å². The van der Waals surface area contributed by atoms with Gasteiger partial charge in [-0.25, -0.2) is 0 Å². The lowest BCUT2D eigenvalue weighted by atomic mass is 9.84. The van der Waals surface area contributed by atoms with Gasteiger partial charge >= 0.3 is 0 Å². The quantitative estimate of drug-likeness (QED) is 0.605. The summed E-state index contributed by atoms with van der Waals surface area (Å²) < 4.78 is 5.68. The van der Waals surface area contributed by atoms with Gasteiger partial charge in [0.1, 0.15) is 5.69 Å². The molecule has 3 aromatic rings. The van der Waals surface area contributed by atoms with Gasteiger partial charge in [0.25, 0.3) is 5.91 Å². The molecule has 0 radical (unpaired) electrons. The second kappa shape index (κ2) is 9.08. The molecule has 0 atom stereocenters. The minimum atomic E-state index is 0.110. The van der Waals surface area contributed by atoms with Gasteiger partial charge < -0.3 is 14.6 Å². The van der Waals surface area contributed by atoms with Crippen LogP contribution in [-0.4, -0.2) is 65.6 Å². The molecular weight excluding hydrogens is 398 g/mol. The third kappa shape index (κ3) is 4.19. The summed E-state index contributed by atoms with van der Waals surface area (Å²) in [7, 11) is 0. The molecule has 2 fully saturated rings. The normalized spacial score (nSPS) is 19.0. The topological polar surface area (TPSA) is 48.6 Å². The van der Waals surface area contributed by atoms with Gasteiger partial charge in [-0.1, -0.05) is 48.5 Å². The number of ether oxygens (including phenoxy) is 1. The number of hydrogen-bond acceptors (Lipinski definition) is 3. The predicted molar refractivity (Wildman–Crippen MR) is 128 cm³/mol. The van der Waals surface area contributed by atoms with Crippen LogP contribution in [0.2, 0.25) is 0 Å². The van der Waals surface area contributed by atoms with Crippen molar-refractivity contribution in [1.82, 2.24) is 14.8 Å². The Labute approximate surface area is 190 Å². The second-order valence-corrected chi connectivity index (χ2v) is 9.42. The number of likely N-dealkylation sites (tertiary alicyclic amines) is 1. The zero-order valence-electron chi connectivity index (χ0n) is 18.9. The number of aromatic amines is 1. The van der Waals surface area contributed by atoms with Crippen molar-refractivity contribution in [3.63, 3.8) is 0 Å². The van der Waals surface area contributed by atoms with E-state index in [0.717, 1.165) is 69.6 Å². The van der Waals surface area contributed by atoms with E-state index in [1.165, 1.54) is 5.56 Å². The maximum atomic E-state index is 13.2. The van der Waals surface area contributed by atoms with Crippen LogP contribution in [0.1, 0.15) is 35.8 Å². The first-order chi connectivity index (χ1) is 15.7. The smallest absolute Gasteiger partial charge is 0.270 e. The lowest BCUT2D eigenvalue weighted by Crippen LogP contribution is -2.65. The molecule has 0 spiro atoms. The lowest BCUT2D eigenvalue weighted by molar-refractivity contribution is -0.148. The van der Waals surface area contributed by atoms with E-state index in [1.807, 2.05) is 35.2 Å². The Hall–Kier alpha value is -2.63. The largest absolute Gasteiger partial charge is 0.377 e. The third-order valence-corrected chi connectivity index (χ3v) is 7.31. The molecule has 2 aliphatic rings. The number of fused-ring (bicyclic) bond motifs is 1. The number of para-hydroxylation sites is 1. The number of H-pyrrole nitrogens is 1. The Balaban J connectivity index is 1.19. The summed E-state index contributed by atoms with van der Waals surface area (Å²) in [5.41, 5.74) is 3.25. The van der Waals surface area contributed by atoms with Gasteiger partial charge in [-0.2, -0.15) is 0 Å². The van der Waals surface area contributed by atoms with Crippen LogP contribution < -0.4 is 0 Å². The van der Waals surface area contributed by atoms with Gasteiger partial charge in [0.15, 0.2) is 0 Å². The predicted octanol–water partition coefficient (Wildman–Crippen LogP) is 4.35. The highest BCUT2D eigenvalue weighted by molar-refractivity contribution is 5.98. The molecule has 5 heteroatoms. The Bertz CT molecular complexity index is 1020. The molecular formula is C27H33N3O2. The number of carbonyl (C=O) groups excluding carboxylic acids is 1. The molecule has 32 heavy (non-hydrogen) atoms. The van der Waals surface area contributed by atoms with E-state index in [9.17, 15) is 4.79 Å². The van der Waals surface area contributed by atoms with E-state index < -0.39 is 0 Å². The maximum Gasteiger partial charge on any atom is 0.270 e. The zero-order valence-corrected chi connectivity index (χ0v) is 18.9. The Morgan fingerprint density at radius 1 is 1.09 bits per heavy atom. The van der Waals surface area contributed by atoms with Crippen molar-refractivity contribution in [3.05, 3.63) is 71.9 Å². The number of hydrogen-bond donors (Lipinski definition) is 1. The van der Waals surface area contributed by atoms with Crippen LogP contribution in [0, 0.1) is 5.92 Å². The number of amides is 1. The van der Waals surface area contributed by atoms with E-state index in [2.05, 4.69) is 47.1 Å². The van der Waals surface area contributed by atoms with Crippen LogP contribution in [0.15, 0.2) is 60.7 Å². The van der Waals surface area contributed by atoms with Crippen molar-refractivity contribution in [3.8, 4) is 0 Å². The summed E-state index contributed by atoms with van der Waals surface area (Å²) in [5, 5.41) is 1.09. The van der Waals surface area contributed by atoms with Gasteiger partial charge in [0.2, 0.25) is 0 Å². The van der Waals surface area contributed by atoms with Crippen molar-refractivity contribution in [2.45, 2.75) is 31.7 Å². The van der Waals surface area contributed by atoms with Gasteiger partial charge in [0.05, 0.1) is 18.8 Å². The molecule has 168 valence electrons. The van der Waals surface area contributed by atoms with Gasteiger partial charge in [0, 0.05) is 24.0 Å². The molecule has 0 bridgehead atoms. The second-order valence-electron chi connectivity index (χ2n) is 9.42. The fourth-order valence-corrected chi connectivity index (χ4v) is 5.33. The molecule has 3 heterocycles. The summed E-state index contributed by atoms with van der Waals surface area (Å²) in [4.78, 5) is 21.1. The Morgan fingerprint density at radius 3 is 2.47 bits per heavy atom. The van der Waals surface area contributed by atoms with E-state index in [0.29, 0.717) is 11.6 Å². The Morgan fingerprint density at radius 2 is 1.81 bits per heavy atom. The molecule has 2 saturated heterocycles. The number of piperidine rings is 1. The maximum absolute atomic E-state index is 13.2. The summed E-state index contributed by atoms with van der Waals surface area (Å²) in [6.07, 6.45) is 3.32. The summed E-state index contributed by atoms with van der Waals surface area (Å²) in [6, 6.07) is 20.8. The van der Waals surface area contributed by atoms with Crippen molar-refractivity contribution in [2.75, 3.05) is 39.4 Å². The van der Waals surface area contributed by atoms with Gasteiger partial charge in [-0.15, -0.1) is 0 Å². The molecule has 5 nitrogen and oxygen atoms in total. The first-order valence-corrected chi connectivity index (χ1v) is 11.9. The molecule has 2 aromatic carbocycles. The van der Waals surface area contributed by atoms with Gasteiger partial charge in [-0.3, -0.25) is 9.69 Å². The molecule has 1 aromatic heterocycles. The average Bonchev–Trinajstić information content (AvgIpc) is 3.25. The van der Waals surface area contributed by atoms with E-state index >= 15 is 0 Å². The molecule has 1 amide bonds. The minimum absolute atomic E-state index is 0.110. The highest BCUT2D eigenvalue weighted by atomic mass is 16.5. The fraction of sp³-hybridized carbons (Fsp3) is 0.444. The standard InChI is InChI=1S/C27H33N3O2/c1-2-29(26(31)25-16-23-10-6-7-11-24(23)28-25)18-22-12-14-30(15-13-22)27(19-32-20-27)17-21-8-4-3-5-9-21/h3-11,16,22,28H,2,12-15,17-20H2,1H3. The number of nitrogens with zero attached hydrogens (tertiary/aromatic N) is 2. The molecule has 1 N–H and O–H groups in total. The van der Waals surface area contributed by atoms with Crippen molar-refractivity contribution in [2.24, 2.45) is 5.92 Å². The van der Waals surface area contributed by atoms with E-state index in [-0.39, 0.29) is 11.4 Å². The Kier molecular flexibility index (Phi) is 6.03. The molecule has 0 unspecified atom stereocenters. The number of rotatable bonds is 7. The van der Waals surface area contributed by atoms with Crippen LogP contribution in [0.5, 0.6) is 0 Å². The number of nitrogens with one attached hydrogen (secondary N) is 1. The molecule has 5 rings (SSSR count). The van der Waals surface area contributed by atoms with Crippen LogP contribution in [0.4, 0.5) is 0 Å². The lowest BCUT2D eigenvalue weighted by Gasteiger charge is -2.52. The SMILES string of the molecule is CCN(CC1CCN(C2(Cc3ccccc3)COC2)CC1)C(=O)c1cc2ccccc2[nH]1. The average molecular weight is 432 g/mol. The highest BCUT2D eigenvalue weighted by Gasteiger charge is 2.45. The van der Waals surface area contributed by atoms with Crippen LogP contribution in [0.25, 0.3) is 10.9 Å². The first-order valence-electron chi connectivity index (χ1n) is 11.9. The zero-order chi connectivity index (χ0) is 22.0. The van der Waals surface area contributed by atoms with E-state index in [4.69, 9.17) is 4.74 Å². The summed E-state index contributed by atoms with van der Waals surface area (Å²) in [5.74, 6) is 0.661. The molecule has 0 saturated carbocycles. The minimum Gasteiger partial charge on any atom is -0.377 e. The van der Waals surface area contributed by atoms with Crippen LogP contribution >= 0.6 is 0 Å². The van der Waals surface area contributed by atoms with Crippen LogP contribution in [0.3, 0.4) is 0 Å². The highest BCUT2D eigenvalue weighted by Crippen LogP contribution is 2.33. The monoisotopic (exact) mass is 431 g/mol. The van der Waals surface area contributed by atoms with E-state index in [1.54, 1.807) is 0 Å². The molecule has 0 aliphatic carbocycles. The first kappa shape index (κ1) is 21.2. The third-order valence-electron chi connectivity index (χ3n) is 7.31. The summed E-state index contributed by atoms with van der Waals surface area (Å²) >= 11 is 0. The fourth-order valence-electron chi connectivity index (χ4n) is 5.33. The number of carbonyl (C=O) groups is 1. The van der Waals surface area contributed by atoms with Crippen molar-refractivity contribution in [1.29, 1.82) is 0 Å². The van der Waals surface area contributed by atoms with Gasteiger partial charge in [-0.05, 0) is 62.9 Å².